The van der Waals surface area contributed by atoms with Gasteiger partial charge < -0.3 is 15.2 Å². The molecule has 1 aliphatic heterocycles. The van der Waals surface area contributed by atoms with Gasteiger partial charge in [-0.15, -0.1) is 0 Å². The van der Waals surface area contributed by atoms with Crippen molar-refractivity contribution in [2.75, 3.05) is 12.4 Å². The van der Waals surface area contributed by atoms with Crippen LogP contribution in [-0.4, -0.2) is 28.3 Å². The number of hydrogen-bond acceptors (Lipinski definition) is 4. The van der Waals surface area contributed by atoms with Crippen LogP contribution in [-0.2, 0) is 4.79 Å². The summed E-state index contributed by atoms with van der Waals surface area (Å²) < 4.78 is 5.26. The van der Waals surface area contributed by atoms with Gasteiger partial charge in [-0.2, -0.15) is 5.10 Å². The Kier molecular flexibility index (Phi) is 4.11. The lowest BCUT2D eigenvalue weighted by atomic mass is 9.79. The van der Waals surface area contributed by atoms with Crippen molar-refractivity contribution in [3.05, 3.63) is 35.2 Å². The molecule has 1 aromatic carbocycles. The fraction of sp³-hybridized carbons (Fsp3) is 0.474. The fourth-order valence-electron chi connectivity index (χ4n) is 4.22. The van der Waals surface area contributed by atoms with E-state index in [1.54, 1.807) is 6.07 Å². The van der Waals surface area contributed by atoms with Gasteiger partial charge in [0.2, 0.25) is 5.91 Å². The topological polar surface area (TPSA) is 87.2 Å². The number of nitrogens with one attached hydrogen (secondary N) is 2. The van der Waals surface area contributed by atoms with E-state index in [0.29, 0.717) is 23.8 Å². The average Bonchev–Trinajstić information content (AvgIpc) is 3.10. The van der Waals surface area contributed by atoms with Crippen LogP contribution in [0.5, 0.6) is 11.5 Å². The third kappa shape index (κ3) is 2.86. The summed E-state index contributed by atoms with van der Waals surface area (Å²) in [6.45, 7) is 0. The zero-order valence-electron chi connectivity index (χ0n) is 14.3. The highest BCUT2D eigenvalue weighted by atomic mass is 16.5. The van der Waals surface area contributed by atoms with Crippen LogP contribution < -0.4 is 10.1 Å². The van der Waals surface area contributed by atoms with Crippen LogP contribution in [0.25, 0.3) is 0 Å². The fourth-order valence-corrected chi connectivity index (χ4v) is 4.22. The lowest BCUT2D eigenvalue weighted by Crippen LogP contribution is -2.24. The molecule has 0 saturated heterocycles. The number of carbonyl (C=O) groups excluding carboxylic acids is 1. The maximum Gasteiger partial charge on any atom is 0.225 e. The molecular weight excluding hydrogens is 318 g/mol. The number of aromatic hydroxyl groups is 1. The number of carbonyl (C=O) groups is 1. The normalized spacial score (nSPS) is 20.8. The van der Waals surface area contributed by atoms with Crippen LogP contribution in [0.1, 0.15) is 67.2 Å². The number of ether oxygens (including phenoxy) is 1. The minimum Gasteiger partial charge on any atom is -0.504 e. The summed E-state index contributed by atoms with van der Waals surface area (Å²) in [5.74, 6) is 0.815. The van der Waals surface area contributed by atoms with Crippen LogP contribution in [0.15, 0.2) is 18.3 Å². The number of phenols is 1. The molecule has 1 atom stereocenters. The number of fused-ring (bicyclic) bond motifs is 1. The molecule has 1 fully saturated rings. The average molecular weight is 341 g/mol. The van der Waals surface area contributed by atoms with Crippen molar-refractivity contribution >= 4 is 11.6 Å². The zero-order valence-corrected chi connectivity index (χ0v) is 14.3. The van der Waals surface area contributed by atoms with Crippen molar-refractivity contribution in [1.29, 1.82) is 0 Å². The molecule has 1 saturated carbocycles. The number of methoxy groups -OCH3 is 1. The summed E-state index contributed by atoms with van der Waals surface area (Å²) in [6.07, 6.45) is 8.35. The van der Waals surface area contributed by atoms with E-state index in [2.05, 4.69) is 15.5 Å². The first-order valence-corrected chi connectivity index (χ1v) is 8.91. The molecule has 25 heavy (non-hydrogen) atoms. The quantitative estimate of drug-likeness (QED) is 0.795. The van der Waals surface area contributed by atoms with Gasteiger partial charge in [-0.05, 0) is 24.5 Å². The summed E-state index contributed by atoms with van der Waals surface area (Å²) in [4.78, 5) is 12.2. The lowest BCUT2D eigenvalue weighted by Gasteiger charge is -2.28. The number of benzene rings is 1. The molecule has 0 bridgehead atoms. The molecule has 132 valence electrons. The maximum absolute atomic E-state index is 12.2. The second kappa shape index (κ2) is 6.43. The number of nitrogens with zero attached hydrogens (tertiary/aromatic N) is 1. The molecule has 0 radical (unpaired) electrons. The van der Waals surface area contributed by atoms with Gasteiger partial charge in [-0.1, -0.05) is 19.3 Å². The Morgan fingerprint density at radius 3 is 2.76 bits per heavy atom. The van der Waals surface area contributed by atoms with Crippen LogP contribution >= 0.6 is 0 Å². The lowest BCUT2D eigenvalue weighted by molar-refractivity contribution is -0.116. The van der Waals surface area contributed by atoms with Crippen LogP contribution in [0, 0.1) is 0 Å². The van der Waals surface area contributed by atoms with Crippen molar-refractivity contribution in [2.45, 2.75) is 50.4 Å². The highest BCUT2D eigenvalue weighted by molar-refractivity contribution is 5.96. The Labute approximate surface area is 146 Å². The third-order valence-electron chi connectivity index (χ3n) is 5.48. The highest BCUT2D eigenvalue weighted by Crippen LogP contribution is 2.45. The van der Waals surface area contributed by atoms with Gasteiger partial charge in [0.1, 0.15) is 0 Å². The molecule has 1 aliphatic carbocycles. The number of anilines is 1. The third-order valence-corrected chi connectivity index (χ3v) is 5.48. The van der Waals surface area contributed by atoms with Crippen molar-refractivity contribution in [2.24, 2.45) is 0 Å². The molecular formula is C19H23N3O3. The van der Waals surface area contributed by atoms with Crippen LogP contribution in [0.3, 0.4) is 0 Å². The SMILES string of the molecule is COc1cc2c(cc1O)NC(=O)C[C@H]2c1cn[nH]c1C1CCCCC1. The summed E-state index contributed by atoms with van der Waals surface area (Å²) in [6, 6.07) is 3.39. The van der Waals surface area contributed by atoms with E-state index in [0.717, 1.165) is 16.8 Å². The molecule has 1 amide bonds. The standard InChI is InChI=1S/C19H23N3O3/c1-25-17-7-13-12(8-18(24)21-15(13)9-16(17)23)14-10-20-22-19(14)11-5-3-2-4-6-11/h7,9-12,23H,2-6,8H2,1H3,(H,20,22)(H,21,24)/t12-/m1/s1. The summed E-state index contributed by atoms with van der Waals surface area (Å²) >= 11 is 0. The Bertz CT molecular complexity index is 793. The first-order chi connectivity index (χ1) is 12.2. The Morgan fingerprint density at radius 2 is 2.00 bits per heavy atom. The van der Waals surface area contributed by atoms with Crippen molar-refractivity contribution < 1.29 is 14.6 Å². The Hall–Kier alpha value is -2.50. The molecule has 1 aromatic heterocycles. The summed E-state index contributed by atoms with van der Waals surface area (Å²) in [7, 11) is 1.53. The number of H-pyrrole nitrogens is 1. The van der Waals surface area contributed by atoms with Crippen molar-refractivity contribution in [3.63, 3.8) is 0 Å². The van der Waals surface area contributed by atoms with Gasteiger partial charge in [0, 0.05) is 41.3 Å². The zero-order chi connectivity index (χ0) is 17.4. The van der Waals surface area contributed by atoms with E-state index < -0.39 is 0 Å². The van der Waals surface area contributed by atoms with E-state index in [1.807, 2.05) is 12.3 Å². The van der Waals surface area contributed by atoms with Crippen LogP contribution in [0.2, 0.25) is 0 Å². The number of aromatic nitrogens is 2. The maximum atomic E-state index is 12.2. The van der Waals surface area contributed by atoms with Gasteiger partial charge in [0.05, 0.1) is 13.3 Å². The van der Waals surface area contributed by atoms with E-state index >= 15 is 0 Å². The smallest absolute Gasteiger partial charge is 0.225 e. The number of rotatable bonds is 3. The van der Waals surface area contributed by atoms with Gasteiger partial charge in [0.15, 0.2) is 11.5 Å². The largest absolute Gasteiger partial charge is 0.504 e. The number of hydrogen-bond donors (Lipinski definition) is 3. The predicted molar refractivity (Wildman–Crippen MR) is 94.2 cm³/mol. The van der Waals surface area contributed by atoms with Gasteiger partial charge in [0.25, 0.3) is 0 Å². The van der Waals surface area contributed by atoms with Crippen molar-refractivity contribution in [1.82, 2.24) is 10.2 Å². The second-order valence-corrected chi connectivity index (χ2v) is 6.99. The van der Waals surface area contributed by atoms with E-state index in [4.69, 9.17) is 4.74 Å². The molecule has 3 N–H and O–H groups in total. The summed E-state index contributed by atoms with van der Waals surface area (Å²) in [5.41, 5.74) is 3.87. The summed E-state index contributed by atoms with van der Waals surface area (Å²) in [5, 5.41) is 20.4. The van der Waals surface area contributed by atoms with Crippen LogP contribution in [0.4, 0.5) is 5.69 Å². The molecule has 2 aromatic rings. The molecule has 6 nitrogen and oxygen atoms in total. The monoisotopic (exact) mass is 341 g/mol. The van der Waals surface area contributed by atoms with Gasteiger partial charge in [-0.3, -0.25) is 9.89 Å². The first-order valence-electron chi connectivity index (χ1n) is 8.91. The molecule has 0 unspecified atom stereocenters. The second-order valence-electron chi connectivity index (χ2n) is 6.99. The molecule has 6 heteroatoms. The number of phenolic OH excluding ortho intramolecular Hbond substituents is 1. The predicted octanol–water partition coefficient (Wildman–Crippen LogP) is 3.65. The Morgan fingerprint density at radius 1 is 1.20 bits per heavy atom. The minimum atomic E-state index is -0.0751. The van der Waals surface area contributed by atoms with E-state index in [1.165, 1.54) is 39.2 Å². The number of amides is 1. The molecule has 4 rings (SSSR count). The van der Waals surface area contributed by atoms with Gasteiger partial charge in [-0.25, -0.2) is 0 Å². The van der Waals surface area contributed by atoms with E-state index in [-0.39, 0.29) is 17.6 Å². The van der Waals surface area contributed by atoms with Gasteiger partial charge >= 0.3 is 0 Å². The van der Waals surface area contributed by atoms with E-state index in [9.17, 15) is 9.90 Å². The minimum absolute atomic E-state index is 0.0295. The number of aromatic amines is 1. The molecule has 0 spiro atoms. The molecule has 2 aliphatic rings. The Balaban J connectivity index is 1.77. The van der Waals surface area contributed by atoms with Crippen molar-refractivity contribution in [3.8, 4) is 11.5 Å². The molecule has 2 heterocycles. The first kappa shape index (κ1) is 16.0. The highest BCUT2D eigenvalue weighted by Gasteiger charge is 2.32.